The van der Waals surface area contributed by atoms with Crippen LogP contribution in [0.15, 0.2) is 18.2 Å². The Bertz CT molecular complexity index is 433. The maximum Gasteiger partial charge on any atom is 0.254 e. The molecule has 0 aromatic heterocycles. The third kappa shape index (κ3) is 2.74. The summed E-state index contributed by atoms with van der Waals surface area (Å²) < 4.78 is 13.4. The molecular formula is C12H15FN2O2. The quantitative estimate of drug-likeness (QED) is 0.732. The molecule has 1 fully saturated rings. The Kier molecular flexibility index (Phi) is 3.28. The lowest BCUT2D eigenvalue weighted by atomic mass is 10.1. The van der Waals surface area contributed by atoms with Gasteiger partial charge in [0.25, 0.3) is 5.91 Å². The fraction of sp³-hybridized carbons (Fsp3) is 0.417. The van der Waals surface area contributed by atoms with Gasteiger partial charge in [0.05, 0.1) is 5.56 Å². The summed E-state index contributed by atoms with van der Waals surface area (Å²) in [6.45, 7) is 0.357. The van der Waals surface area contributed by atoms with Crippen LogP contribution in [0.1, 0.15) is 23.2 Å². The molecule has 0 saturated heterocycles. The van der Waals surface area contributed by atoms with Gasteiger partial charge in [-0.25, -0.2) is 4.39 Å². The SMILES string of the molecule is NCC(NC(=O)c1ccc(O)cc1F)C1CC1. The van der Waals surface area contributed by atoms with E-state index in [-0.39, 0.29) is 17.4 Å². The molecule has 1 atom stereocenters. The molecule has 17 heavy (non-hydrogen) atoms. The molecule has 0 spiro atoms. The smallest absolute Gasteiger partial charge is 0.254 e. The first kappa shape index (κ1) is 11.9. The van der Waals surface area contributed by atoms with E-state index in [0.29, 0.717) is 12.5 Å². The Labute approximate surface area is 98.6 Å². The number of benzene rings is 1. The van der Waals surface area contributed by atoms with Gasteiger partial charge < -0.3 is 16.2 Å². The third-order valence-corrected chi connectivity index (χ3v) is 2.96. The van der Waals surface area contributed by atoms with Crippen molar-refractivity contribution < 1.29 is 14.3 Å². The Morgan fingerprint density at radius 3 is 2.82 bits per heavy atom. The van der Waals surface area contributed by atoms with Gasteiger partial charge in [-0.2, -0.15) is 0 Å². The zero-order chi connectivity index (χ0) is 12.4. The molecule has 1 aromatic carbocycles. The van der Waals surface area contributed by atoms with Gasteiger partial charge in [-0.3, -0.25) is 4.79 Å². The van der Waals surface area contributed by atoms with Crippen molar-refractivity contribution in [2.24, 2.45) is 11.7 Å². The number of rotatable bonds is 4. The number of nitrogens with one attached hydrogen (secondary N) is 1. The molecule has 1 aliphatic carbocycles. The lowest BCUT2D eigenvalue weighted by Crippen LogP contribution is -2.42. The molecule has 1 amide bonds. The van der Waals surface area contributed by atoms with Gasteiger partial charge >= 0.3 is 0 Å². The number of aromatic hydroxyl groups is 1. The minimum Gasteiger partial charge on any atom is -0.508 e. The number of carbonyl (C=O) groups excluding carboxylic acids is 1. The molecule has 92 valence electrons. The monoisotopic (exact) mass is 238 g/mol. The van der Waals surface area contributed by atoms with Crippen LogP contribution in [0.3, 0.4) is 0 Å². The van der Waals surface area contributed by atoms with Gasteiger partial charge in [-0.05, 0) is 30.9 Å². The van der Waals surface area contributed by atoms with Crippen LogP contribution in [0.2, 0.25) is 0 Å². The summed E-state index contributed by atoms with van der Waals surface area (Å²) >= 11 is 0. The molecule has 1 unspecified atom stereocenters. The number of hydrogen-bond donors (Lipinski definition) is 3. The molecule has 1 saturated carbocycles. The van der Waals surface area contributed by atoms with E-state index in [4.69, 9.17) is 10.8 Å². The average molecular weight is 238 g/mol. The molecule has 5 heteroatoms. The maximum absolute atomic E-state index is 13.4. The van der Waals surface area contributed by atoms with Gasteiger partial charge in [0.2, 0.25) is 0 Å². The van der Waals surface area contributed by atoms with E-state index >= 15 is 0 Å². The van der Waals surface area contributed by atoms with Crippen LogP contribution in [0, 0.1) is 11.7 Å². The first-order valence-corrected chi connectivity index (χ1v) is 5.61. The molecule has 0 bridgehead atoms. The van der Waals surface area contributed by atoms with Crippen molar-refractivity contribution in [2.75, 3.05) is 6.54 Å². The van der Waals surface area contributed by atoms with Crippen molar-refractivity contribution in [3.05, 3.63) is 29.6 Å². The first-order chi connectivity index (χ1) is 8.11. The molecule has 1 aromatic rings. The van der Waals surface area contributed by atoms with Crippen molar-refractivity contribution >= 4 is 5.91 Å². The normalized spacial score (nSPS) is 16.6. The molecule has 0 heterocycles. The second-order valence-corrected chi connectivity index (χ2v) is 4.32. The zero-order valence-corrected chi connectivity index (χ0v) is 9.32. The predicted molar refractivity (Wildman–Crippen MR) is 61.1 cm³/mol. The van der Waals surface area contributed by atoms with E-state index < -0.39 is 11.7 Å². The van der Waals surface area contributed by atoms with Crippen molar-refractivity contribution in [2.45, 2.75) is 18.9 Å². The number of phenolic OH excluding ortho intramolecular Hbond substituents is 1. The molecular weight excluding hydrogens is 223 g/mol. The minimum atomic E-state index is -0.728. The van der Waals surface area contributed by atoms with Crippen molar-refractivity contribution in [3.8, 4) is 5.75 Å². The van der Waals surface area contributed by atoms with E-state index in [1.807, 2.05) is 0 Å². The maximum atomic E-state index is 13.4. The van der Waals surface area contributed by atoms with Crippen LogP contribution in [0.5, 0.6) is 5.75 Å². The summed E-state index contributed by atoms with van der Waals surface area (Å²) in [7, 11) is 0. The fourth-order valence-electron chi connectivity index (χ4n) is 1.80. The zero-order valence-electron chi connectivity index (χ0n) is 9.32. The van der Waals surface area contributed by atoms with Gasteiger partial charge in [0.15, 0.2) is 0 Å². The van der Waals surface area contributed by atoms with Crippen LogP contribution in [0.25, 0.3) is 0 Å². The van der Waals surface area contributed by atoms with Crippen molar-refractivity contribution in [3.63, 3.8) is 0 Å². The number of phenols is 1. The van der Waals surface area contributed by atoms with Crippen LogP contribution >= 0.6 is 0 Å². The Hall–Kier alpha value is -1.62. The summed E-state index contributed by atoms with van der Waals surface area (Å²) in [5, 5.41) is 11.8. The summed E-state index contributed by atoms with van der Waals surface area (Å²) in [4.78, 5) is 11.8. The lowest BCUT2D eigenvalue weighted by molar-refractivity contribution is 0.0929. The summed E-state index contributed by atoms with van der Waals surface area (Å²) in [6, 6.07) is 3.38. The average Bonchev–Trinajstić information content (AvgIpc) is 3.09. The van der Waals surface area contributed by atoms with Crippen LogP contribution in [0.4, 0.5) is 4.39 Å². The fourth-order valence-corrected chi connectivity index (χ4v) is 1.80. The van der Waals surface area contributed by atoms with Crippen LogP contribution < -0.4 is 11.1 Å². The summed E-state index contributed by atoms with van der Waals surface area (Å²) in [6.07, 6.45) is 2.11. The number of halogens is 1. The van der Waals surface area contributed by atoms with Gasteiger partial charge in [-0.1, -0.05) is 0 Å². The van der Waals surface area contributed by atoms with E-state index in [1.54, 1.807) is 0 Å². The second kappa shape index (κ2) is 4.71. The highest BCUT2D eigenvalue weighted by atomic mass is 19.1. The molecule has 1 aliphatic rings. The highest BCUT2D eigenvalue weighted by Crippen LogP contribution is 2.32. The third-order valence-electron chi connectivity index (χ3n) is 2.96. The number of nitrogens with two attached hydrogens (primary N) is 1. The van der Waals surface area contributed by atoms with Gasteiger partial charge in [-0.15, -0.1) is 0 Å². The molecule has 0 radical (unpaired) electrons. The number of hydrogen-bond acceptors (Lipinski definition) is 3. The van der Waals surface area contributed by atoms with Crippen LogP contribution in [-0.2, 0) is 0 Å². The van der Waals surface area contributed by atoms with Crippen LogP contribution in [-0.4, -0.2) is 23.6 Å². The van der Waals surface area contributed by atoms with Gasteiger partial charge in [0, 0.05) is 18.7 Å². The lowest BCUT2D eigenvalue weighted by Gasteiger charge is -2.16. The highest BCUT2D eigenvalue weighted by Gasteiger charge is 2.31. The van der Waals surface area contributed by atoms with Crippen molar-refractivity contribution in [1.29, 1.82) is 0 Å². The van der Waals surface area contributed by atoms with E-state index in [2.05, 4.69) is 5.32 Å². The van der Waals surface area contributed by atoms with Crippen molar-refractivity contribution in [1.82, 2.24) is 5.32 Å². The highest BCUT2D eigenvalue weighted by molar-refractivity contribution is 5.94. The molecule has 4 nitrogen and oxygen atoms in total. The summed E-state index contributed by atoms with van der Waals surface area (Å²) in [5.74, 6) is -0.986. The molecule has 2 rings (SSSR count). The van der Waals surface area contributed by atoms with E-state index in [1.165, 1.54) is 12.1 Å². The predicted octanol–water partition coefficient (Wildman–Crippen LogP) is 0.998. The second-order valence-electron chi connectivity index (χ2n) is 4.32. The van der Waals surface area contributed by atoms with Gasteiger partial charge in [0.1, 0.15) is 11.6 Å². The number of carbonyl (C=O) groups is 1. The topological polar surface area (TPSA) is 75.3 Å². The number of amides is 1. The van der Waals surface area contributed by atoms with E-state index in [9.17, 15) is 9.18 Å². The largest absolute Gasteiger partial charge is 0.508 e. The first-order valence-electron chi connectivity index (χ1n) is 5.61. The Balaban J connectivity index is 2.08. The Morgan fingerprint density at radius 1 is 1.59 bits per heavy atom. The molecule has 4 N–H and O–H groups in total. The summed E-state index contributed by atoms with van der Waals surface area (Å²) in [5.41, 5.74) is 5.49. The minimum absolute atomic E-state index is 0.0677. The Morgan fingerprint density at radius 2 is 2.29 bits per heavy atom. The van der Waals surface area contributed by atoms with E-state index in [0.717, 1.165) is 18.9 Å². The molecule has 0 aliphatic heterocycles. The standard InChI is InChI=1S/C12H15FN2O2/c13-10-5-8(16)3-4-9(10)12(17)15-11(6-14)7-1-2-7/h3-5,7,11,16H,1-2,6,14H2,(H,15,17).